The summed E-state index contributed by atoms with van der Waals surface area (Å²) in [7, 11) is 0. The van der Waals surface area contributed by atoms with Gasteiger partial charge in [0.25, 0.3) is 0 Å². The maximum Gasteiger partial charge on any atom is 0.165 e. The lowest BCUT2D eigenvalue weighted by Crippen LogP contribution is -2.53. The van der Waals surface area contributed by atoms with Crippen LogP contribution >= 0.6 is 0 Å². The molecule has 24 heavy (non-hydrogen) atoms. The second-order valence-electron chi connectivity index (χ2n) is 6.75. The summed E-state index contributed by atoms with van der Waals surface area (Å²) in [6.07, 6.45) is 7.42. The van der Waals surface area contributed by atoms with Crippen LogP contribution in [0.15, 0.2) is 12.7 Å². The Kier molecular flexibility index (Phi) is 4.37. The Bertz CT molecular complexity index is 703. The van der Waals surface area contributed by atoms with Crippen LogP contribution in [-0.4, -0.2) is 56.5 Å². The van der Waals surface area contributed by atoms with E-state index in [0.717, 1.165) is 49.3 Å². The molecule has 1 saturated carbocycles. The number of imidazole rings is 1. The first-order chi connectivity index (χ1) is 11.8. The molecule has 7 nitrogen and oxygen atoms in total. The molecule has 2 aromatic heterocycles. The summed E-state index contributed by atoms with van der Waals surface area (Å²) in [6, 6.07) is 0.152. The lowest BCUT2D eigenvalue weighted by Gasteiger charge is -2.43. The van der Waals surface area contributed by atoms with E-state index in [1.165, 1.54) is 6.42 Å². The molecule has 0 spiro atoms. The third-order valence-corrected chi connectivity index (χ3v) is 5.44. The van der Waals surface area contributed by atoms with Crippen molar-refractivity contribution in [3.8, 4) is 0 Å². The molecule has 1 N–H and O–H groups in total. The number of fused-ring (bicyclic) bond motifs is 1. The van der Waals surface area contributed by atoms with Crippen LogP contribution in [0.25, 0.3) is 11.2 Å². The van der Waals surface area contributed by atoms with Gasteiger partial charge in [0.15, 0.2) is 17.0 Å². The zero-order valence-electron chi connectivity index (χ0n) is 14.1. The highest BCUT2D eigenvalue weighted by Crippen LogP contribution is 2.34. The number of anilines is 1. The van der Waals surface area contributed by atoms with Gasteiger partial charge in [-0.1, -0.05) is 12.8 Å². The molecule has 2 fully saturated rings. The highest BCUT2D eigenvalue weighted by molar-refractivity contribution is 5.83. The number of aliphatic hydroxyl groups excluding tert-OH is 1. The molecule has 0 unspecified atom stereocenters. The molecule has 0 bridgehead atoms. The topological polar surface area (TPSA) is 76.3 Å². The van der Waals surface area contributed by atoms with Crippen molar-refractivity contribution in [1.29, 1.82) is 0 Å². The highest BCUT2D eigenvalue weighted by atomic mass is 16.5. The van der Waals surface area contributed by atoms with E-state index in [4.69, 9.17) is 4.74 Å². The van der Waals surface area contributed by atoms with Gasteiger partial charge in [0, 0.05) is 19.0 Å². The van der Waals surface area contributed by atoms with E-state index in [0.29, 0.717) is 13.2 Å². The summed E-state index contributed by atoms with van der Waals surface area (Å²) in [5.41, 5.74) is 1.72. The molecule has 0 amide bonds. The molecule has 0 radical (unpaired) electrons. The number of nitrogens with zero attached hydrogens (tertiary/aromatic N) is 5. The van der Waals surface area contributed by atoms with Crippen molar-refractivity contribution >= 4 is 17.0 Å². The van der Waals surface area contributed by atoms with Gasteiger partial charge >= 0.3 is 0 Å². The number of morpholine rings is 1. The van der Waals surface area contributed by atoms with Crippen molar-refractivity contribution in [1.82, 2.24) is 19.5 Å². The predicted octanol–water partition coefficient (Wildman–Crippen LogP) is 1.60. The largest absolute Gasteiger partial charge is 0.393 e. The Labute approximate surface area is 141 Å². The van der Waals surface area contributed by atoms with Crippen molar-refractivity contribution in [2.24, 2.45) is 5.92 Å². The molecule has 130 valence electrons. The first kappa shape index (κ1) is 15.8. The molecule has 4 rings (SSSR count). The van der Waals surface area contributed by atoms with Gasteiger partial charge in [0.2, 0.25) is 0 Å². The third kappa shape index (κ3) is 2.65. The number of aryl methyl sites for hydroxylation is 1. The Morgan fingerprint density at radius 2 is 2.12 bits per heavy atom. The molecule has 2 aromatic rings. The summed E-state index contributed by atoms with van der Waals surface area (Å²) in [5, 5.41) is 10.5. The van der Waals surface area contributed by atoms with Crippen molar-refractivity contribution < 1.29 is 9.84 Å². The molecule has 1 aliphatic carbocycles. The second kappa shape index (κ2) is 6.64. The Hall–Kier alpha value is -1.73. The summed E-state index contributed by atoms with van der Waals surface area (Å²) < 4.78 is 7.79. The Morgan fingerprint density at radius 1 is 1.25 bits per heavy atom. The Balaban J connectivity index is 1.71. The standard InChI is InChI=1S/C17H25N5O2/c1-2-21-11-20-15-16(21)18-10-19-17(15)22-7-8-24-9-13(22)12-5-3-4-6-14(12)23/h10-14,23H,2-9H2,1H3/t12-,13-,14+/m1/s1. The summed E-state index contributed by atoms with van der Waals surface area (Å²) in [5.74, 6) is 1.11. The fraction of sp³-hybridized carbons (Fsp3) is 0.706. The first-order valence-electron chi connectivity index (χ1n) is 8.98. The van der Waals surface area contributed by atoms with E-state index < -0.39 is 0 Å². The number of rotatable bonds is 3. The molecular formula is C17H25N5O2. The van der Waals surface area contributed by atoms with E-state index in [2.05, 4.69) is 26.8 Å². The van der Waals surface area contributed by atoms with Gasteiger partial charge in [-0.2, -0.15) is 0 Å². The van der Waals surface area contributed by atoms with Crippen molar-refractivity contribution in [2.75, 3.05) is 24.7 Å². The monoisotopic (exact) mass is 331 g/mol. The van der Waals surface area contributed by atoms with Gasteiger partial charge in [-0.3, -0.25) is 0 Å². The minimum Gasteiger partial charge on any atom is -0.393 e. The van der Waals surface area contributed by atoms with Gasteiger partial charge in [0.05, 0.1) is 31.7 Å². The Morgan fingerprint density at radius 3 is 2.96 bits per heavy atom. The van der Waals surface area contributed by atoms with Crippen LogP contribution in [0.5, 0.6) is 0 Å². The maximum absolute atomic E-state index is 10.5. The first-order valence-corrected chi connectivity index (χ1v) is 8.98. The zero-order valence-corrected chi connectivity index (χ0v) is 14.1. The van der Waals surface area contributed by atoms with Gasteiger partial charge < -0.3 is 19.3 Å². The summed E-state index contributed by atoms with van der Waals surface area (Å²) >= 11 is 0. The normalized spacial score (nSPS) is 28.4. The molecular weight excluding hydrogens is 306 g/mol. The van der Waals surface area contributed by atoms with Crippen LogP contribution in [-0.2, 0) is 11.3 Å². The van der Waals surface area contributed by atoms with Crippen LogP contribution < -0.4 is 4.90 Å². The summed E-state index contributed by atoms with van der Waals surface area (Å²) in [4.78, 5) is 15.8. The van der Waals surface area contributed by atoms with E-state index in [9.17, 15) is 5.11 Å². The van der Waals surface area contributed by atoms with Crippen LogP contribution in [0.3, 0.4) is 0 Å². The second-order valence-corrected chi connectivity index (χ2v) is 6.75. The smallest absolute Gasteiger partial charge is 0.165 e. The molecule has 3 heterocycles. The van der Waals surface area contributed by atoms with E-state index >= 15 is 0 Å². The van der Waals surface area contributed by atoms with Crippen molar-refractivity contribution in [3.63, 3.8) is 0 Å². The zero-order chi connectivity index (χ0) is 16.5. The average Bonchev–Trinajstić information content (AvgIpc) is 3.05. The summed E-state index contributed by atoms with van der Waals surface area (Å²) in [6.45, 7) is 5.01. The lowest BCUT2D eigenvalue weighted by molar-refractivity contribution is 0.00849. The van der Waals surface area contributed by atoms with Gasteiger partial charge in [0.1, 0.15) is 6.33 Å². The van der Waals surface area contributed by atoms with Crippen LogP contribution in [0.2, 0.25) is 0 Å². The molecule has 1 saturated heterocycles. The third-order valence-electron chi connectivity index (χ3n) is 5.44. The molecule has 1 aliphatic heterocycles. The van der Waals surface area contributed by atoms with E-state index in [1.807, 2.05) is 10.9 Å². The fourth-order valence-electron chi connectivity index (χ4n) is 4.14. The number of aromatic nitrogens is 4. The number of hydrogen-bond acceptors (Lipinski definition) is 6. The van der Waals surface area contributed by atoms with Gasteiger partial charge in [-0.25, -0.2) is 15.0 Å². The molecule has 7 heteroatoms. The van der Waals surface area contributed by atoms with Crippen LogP contribution in [0.1, 0.15) is 32.6 Å². The van der Waals surface area contributed by atoms with Crippen molar-refractivity contribution in [3.05, 3.63) is 12.7 Å². The van der Waals surface area contributed by atoms with Crippen molar-refractivity contribution in [2.45, 2.75) is 51.3 Å². The number of hydrogen-bond donors (Lipinski definition) is 1. The molecule has 2 aliphatic rings. The highest BCUT2D eigenvalue weighted by Gasteiger charge is 2.37. The van der Waals surface area contributed by atoms with E-state index in [-0.39, 0.29) is 18.1 Å². The fourth-order valence-corrected chi connectivity index (χ4v) is 4.14. The SMILES string of the molecule is CCn1cnc2c(N3CCOC[C@@H]3[C@H]3CCCC[C@@H]3O)ncnc21. The minimum absolute atomic E-state index is 0.152. The molecule has 3 atom stereocenters. The van der Waals surface area contributed by atoms with Crippen LogP contribution in [0, 0.1) is 5.92 Å². The minimum atomic E-state index is -0.251. The maximum atomic E-state index is 10.5. The molecule has 0 aromatic carbocycles. The average molecular weight is 331 g/mol. The number of aliphatic hydroxyl groups is 1. The van der Waals surface area contributed by atoms with Gasteiger partial charge in [-0.15, -0.1) is 0 Å². The van der Waals surface area contributed by atoms with E-state index in [1.54, 1.807) is 6.33 Å². The number of ether oxygens (including phenoxy) is 1. The predicted molar refractivity (Wildman–Crippen MR) is 90.9 cm³/mol. The lowest BCUT2D eigenvalue weighted by atomic mass is 9.80. The van der Waals surface area contributed by atoms with Crippen LogP contribution in [0.4, 0.5) is 5.82 Å². The quantitative estimate of drug-likeness (QED) is 0.921. The van der Waals surface area contributed by atoms with Gasteiger partial charge in [-0.05, 0) is 19.8 Å².